The summed E-state index contributed by atoms with van der Waals surface area (Å²) in [6.45, 7) is 12.6. The summed E-state index contributed by atoms with van der Waals surface area (Å²) >= 11 is 0. The van der Waals surface area contributed by atoms with E-state index in [1.54, 1.807) is 12.1 Å². The summed E-state index contributed by atoms with van der Waals surface area (Å²) in [6.07, 6.45) is 0. The molecule has 1 aromatic rings. The highest BCUT2D eigenvalue weighted by Gasteiger charge is 2.64. The molecular formula is C17H27N3O. The largest absolute Gasteiger partial charge is 0.399 e. The van der Waals surface area contributed by atoms with E-state index >= 15 is 0 Å². The lowest BCUT2D eigenvalue weighted by atomic mass is 10.0. The molecule has 1 aliphatic carbocycles. The van der Waals surface area contributed by atoms with E-state index in [-0.39, 0.29) is 5.91 Å². The highest BCUT2D eigenvalue weighted by Crippen LogP contribution is 2.68. The maximum absolute atomic E-state index is 12.1. The molecule has 0 aliphatic heterocycles. The average Bonchev–Trinajstić information content (AvgIpc) is 2.77. The van der Waals surface area contributed by atoms with Crippen LogP contribution in [0, 0.1) is 16.7 Å². The summed E-state index contributed by atoms with van der Waals surface area (Å²) in [4.78, 5) is 12.1. The van der Waals surface area contributed by atoms with Crippen molar-refractivity contribution in [3.8, 4) is 0 Å². The van der Waals surface area contributed by atoms with Crippen molar-refractivity contribution >= 4 is 17.3 Å². The maximum atomic E-state index is 12.1. The third-order valence-corrected chi connectivity index (χ3v) is 5.44. The van der Waals surface area contributed by atoms with Crippen molar-refractivity contribution in [3.63, 3.8) is 0 Å². The first kappa shape index (κ1) is 15.7. The Labute approximate surface area is 127 Å². The molecule has 0 heterocycles. The first-order valence-electron chi connectivity index (χ1n) is 7.63. The molecule has 4 heteroatoms. The van der Waals surface area contributed by atoms with Crippen LogP contribution in [0.3, 0.4) is 0 Å². The highest BCUT2D eigenvalue weighted by atomic mass is 16.1. The van der Waals surface area contributed by atoms with Gasteiger partial charge in [0, 0.05) is 24.5 Å². The molecule has 21 heavy (non-hydrogen) atoms. The number of hydrogen-bond donors (Lipinski definition) is 3. The van der Waals surface area contributed by atoms with Crippen molar-refractivity contribution in [2.24, 2.45) is 16.7 Å². The summed E-state index contributed by atoms with van der Waals surface area (Å²) in [5.74, 6) is 0.530. The number of rotatable bonds is 5. The molecule has 1 saturated carbocycles. The van der Waals surface area contributed by atoms with Gasteiger partial charge in [-0.1, -0.05) is 27.7 Å². The van der Waals surface area contributed by atoms with Gasteiger partial charge in [0.1, 0.15) is 0 Å². The van der Waals surface area contributed by atoms with Crippen LogP contribution in [0.15, 0.2) is 18.2 Å². The summed E-state index contributed by atoms with van der Waals surface area (Å²) < 4.78 is 0. The average molecular weight is 289 g/mol. The van der Waals surface area contributed by atoms with Crippen LogP contribution >= 0.6 is 0 Å². The van der Waals surface area contributed by atoms with E-state index in [2.05, 4.69) is 38.3 Å². The van der Waals surface area contributed by atoms with Crippen LogP contribution < -0.4 is 16.4 Å². The Morgan fingerprint density at radius 3 is 2.38 bits per heavy atom. The third kappa shape index (κ3) is 2.71. The minimum Gasteiger partial charge on any atom is -0.399 e. The second-order valence-corrected chi connectivity index (χ2v) is 7.04. The zero-order chi connectivity index (χ0) is 15.8. The summed E-state index contributed by atoms with van der Waals surface area (Å²) in [5.41, 5.74) is 8.65. The molecule has 0 atom stereocenters. The Morgan fingerprint density at radius 2 is 1.86 bits per heavy atom. The molecule has 0 unspecified atom stereocenters. The van der Waals surface area contributed by atoms with Gasteiger partial charge < -0.3 is 16.4 Å². The van der Waals surface area contributed by atoms with Crippen LogP contribution in [0.2, 0.25) is 0 Å². The Kier molecular flexibility index (Phi) is 3.91. The van der Waals surface area contributed by atoms with Gasteiger partial charge in [0.15, 0.2) is 0 Å². The fraction of sp³-hybridized carbons (Fsp3) is 0.588. The van der Waals surface area contributed by atoms with Crippen LogP contribution in [-0.2, 0) is 0 Å². The number of nitrogens with two attached hydrogens (primary N) is 1. The quantitative estimate of drug-likeness (QED) is 0.730. The van der Waals surface area contributed by atoms with Gasteiger partial charge in [0.05, 0.1) is 5.56 Å². The second-order valence-electron chi connectivity index (χ2n) is 7.04. The molecule has 1 aromatic carbocycles. The molecular weight excluding hydrogens is 262 g/mol. The SMILES string of the molecule is CCNC(=O)c1ccc(N)cc1NCC1C(C)(C)C1(C)C. The summed E-state index contributed by atoms with van der Waals surface area (Å²) in [6, 6.07) is 5.39. The first-order valence-corrected chi connectivity index (χ1v) is 7.63. The normalized spacial score (nSPS) is 19.1. The maximum Gasteiger partial charge on any atom is 0.253 e. The van der Waals surface area contributed by atoms with E-state index in [0.29, 0.717) is 34.5 Å². The molecule has 4 N–H and O–H groups in total. The van der Waals surface area contributed by atoms with E-state index < -0.39 is 0 Å². The number of carbonyl (C=O) groups is 1. The number of nitrogen functional groups attached to an aromatic ring is 1. The fourth-order valence-electron chi connectivity index (χ4n) is 3.22. The highest BCUT2D eigenvalue weighted by molar-refractivity contribution is 6.00. The van der Waals surface area contributed by atoms with Crippen LogP contribution in [0.5, 0.6) is 0 Å². The monoisotopic (exact) mass is 289 g/mol. The van der Waals surface area contributed by atoms with Crippen LogP contribution in [0.1, 0.15) is 45.0 Å². The van der Waals surface area contributed by atoms with E-state index in [4.69, 9.17) is 5.73 Å². The molecule has 0 radical (unpaired) electrons. The number of carbonyl (C=O) groups excluding carboxylic acids is 1. The van der Waals surface area contributed by atoms with Gasteiger partial charge in [0.25, 0.3) is 5.91 Å². The van der Waals surface area contributed by atoms with Crippen LogP contribution in [-0.4, -0.2) is 19.0 Å². The van der Waals surface area contributed by atoms with Crippen molar-refractivity contribution in [2.75, 3.05) is 24.1 Å². The van der Waals surface area contributed by atoms with Crippen LogP contribution in [0.4, 0.5) is 11.4 Å². The lowest BCUT2D eigenvalue weighted by Crippen LogP contribution is -2.24. The Bertz CT molecular complexity index is 535. The lowest BCUT2D eigenvalue weighted by Gasteiger charge is -2.13. The first-order chi connectivity index (χ1) is 9.71. The zero-order valence-electron chi connectivity index (χ0n) is 13.7. The Balaban J connectivity index is 2.13. The van der Waals surface area contributed by atoms with Crippen molar-refractivity contribution in [2.45, 2.75) is 34.6 Å². The molecule has 0 spiro atoms. The topological polar surface area (TPSA) is 67.2 Å². The van der Waals surface area contributed by atoms with Crippen molar-refractivity contribution in [1.82, 2.24) is 5.32 Å². The molecule has 1 aliphatic rings. The lowest BCUT2D eigenvalue weighted by molar-refractivity contribution is 0.0956. The van der Waals surface area contributed by atoms with Gasteiger partial charge in [-0.3, -0.25) is 4.79 Å². The Morgan fingerprint density at radius 1 is 1.24 bits per heavy atom. The minimum atomic E-state index is -0.0608. The molecule has 116 valence electrons. The molecule has 0 aromatic heterocycles. The Hall–Kier alpha value is -1.71. The minimum absolute atomic E-state index is 0.0608. The molecule has 0 bridgehead atoms. The standard InChI is InChI=1S/C17H27N3O/c1-6-19-15(21)12-8-7-11(18)9-13(12)20-10-14-16(2,3)17(14,4)5/h7-9,14,20H,6,10,18H2,1-5H3,(H,19,21). The molecule has 1 amide bonds. The van der Waals surface area contributed by atoms with Crippen molar-refractivity contribution in [1.29, 1.82) is 0 Å². The number of amides is 1. The second kappa shape index (κ2) is 5.24. The molecule has 2 rings (SSSR count). The number of anilines is 2. The van der Waals surface area contributed by atoms with Crippen LogP contribution in [0.25, 0.3) is 0 Å². The van der Waals surface area contributed by atoms with Gasteiger partial charge in [-0.15, -0.1) is 0 Å². The molecule has 0 saturated heterocycles. The molecule has 4 nitrogen and oxygen atoms in total. The third-order valence-electron chi connectivity index (χ3n) is 5.44. The van der Waals surface area contributed by atoms with Gasteiger partial charge in [-0.05, 0) is 41.9 Å². The number of benzene rings is 1. The number of hydrogen-bond acceptors (Lipinski definition) is 3. The van der Waals surface area contributed by atoms with Gasteiger partial charge >= 0.3 is 0 Å². The van der Waals surface area contributed by atoms with Crippen molar-refractivity contribution in [3.05, 3.63) is 23.8 Å². The van der Waals surface area contributed by atoms with Gasteiger partial charge in [-0.25, -0.2) is 0 Å². The van der Waals surface area contributed by atoms with Crippen molar-refractivity contribution < 1.29 is 4.79 Å². The smallest absolute Gasteiger partial charge is 0.253 e. The van der Waals surface area contributed by atoms with E-state index in [9.17, 15) is 4.79 Å². The molecule has 1 fully saturated rings. The van der Waals surface area contributed by atoms with E-state index in [0.717, 1.165) is 12.2 Å². The predicted octanol–water partition coefficient (Wildman–Crippen LogP) is 3.11. The summed E-state index contributed by atoms with van der Waals surface area (Å²) in [5, 5.41) is 6.26. The van der Waals surface area contributed by atoms with Gasteiger partial charge in [-0.2, -0.15) is 0 Å². The fourth-order valence-corrected chi connectivity index (χ4v) is 3.22. The van der Waals surface area contributed by atoms with E-state index in [1.165, 1.54) is 0 Å². The van der Waals surface area contributed by atoms with E-state index in [1.807, 2.05) is 13.0 Å². The number of nitrogens with one attached hydrogen (secondary N) is 2. The zero-order valence-corrected chi connectivity index (χ0v) is 13.7. The predicted molar refractivity (Wildman–Crippen MR) is 88.4 cm³/mol. The van der Waals surface area contributed by atoms with Gasteiger partial charge in [0.2, 0.25) is 0 Å². The summed E-state index contributed by atoms with van der Waals surface area (Å²) in [7, 11) is 0.